The second kappa shape index (κ2) is 7.36. The van der Waals surface area contributed by atoms with Gasteiger partial charge in [0.05, 0.1) is 0 Å². The topological polar surface area (TPSA) is 36.9 Å². The number of amidine groups is 1. The first kappa shape index (κ1) is 14.2. The Balaban J connectivity index is 1.68. The van der Waals surface area contributed by atoms with Crippen molar-refractivity contribution in [2.24, 2.45) is 10.9 Å². The number of thioether (sulfide) groups is 1. The van der Waals surface area contributed by atoms with Gasteiger partial charge in [-0.15, -0.1) is 0 Å². The van der Waals surface area contributed by atoms with Gasteiger partial charge in [-0.25, -0.2) is 0 Å². The van der Waals surface area contributed by atoms with E-state index in [4.69, 9.17) is 9.73 Å². The Kier molecular flexibility index (Phi) is 5.79. The molecule has 0 radical (unpaired) electrons. The van der Waals surface area contributed by atoms with Crippen molar-refractivity contribution in [3.63, 3.8) is 0 Å². The summed E-state index contributed by atoms with van der Waals surface area (Å²) in [7, 11) is 1.76. The van der Waals surface area contributed by atoms with E-state index in [1.807, 2.05) is 11.8 Å². The largest absolute Gasteiger partial charge is 0.385 e. The van der Waals surface area contributed by atoms with Crippen molar-refractivity contribution in [3.05, 3.63) is 0 Å². The predicted molar refractivity (Wildman–Crippen MR) is 78.4 cm³/mol. The van der Waals surface area contributed by atoms with Gasteiger partial charge in [0.15, 0.2) is 5.17 Å². The number of nitrogens with zero attached hydrogens (tertiary/aromatic N) is 2. The van der Waals surface area contributed by atoms with Gasteiger partial charge >= 0.3 is 0 Å². The highest BCUT2D eigenvalue weighted by Gasteiger charge is 2.23. The molecule has 2 aliphatic heterocycles. The number of hydrogen-bond donors (Lipinski definition) is 1. The number of nitrogens with one attached hydrogen (secondary N) is 1. The molecular weight excluding hydrogens is 246 g/mol. The first-order valence-corrected chi connectivity index (χ1v) is 7.95. The average molecular weight is 271 g/mol. The molecular formula is C13H25N3OS. The Bertz CT molecular complexity index is 285. The van der Waals surface area contributed by atoms with E-state index in [1.54, 1.807) is 7.11 Å². The van der Waals surface area contributed by atoms with Gasteiger partial charge in [0.2, 0.25) is 0 Å². The molecule has 0 aromatic carbocycles. The Morgan fingerprint density at radius 3 is 3.17 bits per heavy atom. The predicted octanol–water partition coefficient (Wildman–Crippen LogP) is 1.43. The quantitative estimate of drug-likeness (QED) is 0.793. The van der Waals surface area contributed by atoms with Gasteiger partial charge in [-0.3, -0.25) is 4.99 Å². The number of hydrogen-bond acceptors (Lipinski definition) is 4. The van der Waals surface area contributed by atoms with Crippen molar-refractivity contribution in [1.82, 2.24) is 10.2 Å². The zero-order chi connectivity index (χ0) is 12.8. The summed E-state index contributed by atoms with van der Waals surface area (Å²) in [5, 5.41) is 4.64. The van der Waals surface area contributed by atoms with Crippen LogP contribution in [0.1, 0.15) is 19.8 Å². The van der Waals surface area contributed by atoms with Crippen LogP contribution in [-0.2, 0) is 4.74 Å². The van der Waals surface area contributed by atoms with Gasteiger partial charge in [0.1, 0.15) is 0 Å². The van der Waals surface area contributed by atoms with Crippen molar-refractivity contribution in [1.29, 1.82) is 0 Å². The Morgan fingerprint density at radius 1 is 1.56 bits per heavy atom. The molecule has 0 aromatic rings. The molecule has 0 aliphatic carbocycles. The zero-order valence-corrected chi connectivity index (χ0v) is 12.3. The number of methoxy groups -OCH3 is 1. The van der Waals surface area contributed by atoms with Gasteiger partial charge in [-0.05, 0) is 31.8 Å². The maximum absolute atomic E-state index is 5.11. The Labute approximate surface area is 115 Å². The van der Waals surface area contributed by atoms with Crippen LogP contribution < -0.4 is 5.32 Å². The van der Waals surface area contributed by atoms with Crippen molar-refractivity contribution in [2.75, 3.05) is 45.6 Å². The standard InChI is InChI=1S/C13H25N3OS/c1-3-16-6-4-11(9-16)8-14-13-15-12(10-18-13)5-7-17-2/h11-12H,3-10H2,1-2H3,(H,14,15). The SMILES string of the molecule is CCN1CCC(CN=C2NC(CCOC)CS2)C1. The smallest absolute Gasteiger partial charge is 0.156 e. The monoisotopic (exact) mass is 271 g/mol. The summed E-state index contributed by atoms with van der Waals surface area (Å²) in [6.07, 6.45) is 2.39. The molecule has 2 unspecified atom stereocenters. The minimum Gasteiger partial charge on any atom is -0.385 e. The Hall–Kier alpha value is -0.260. The summed E-state index contributed by atoms with van der Waals surface area (Å²) in [6.45, 7) is 7.72. The highest BCUT2D eigenvalue weighted by molar-refractivity contribution is 8.14. The molecule has 18 heavy (non-hydrogen) atoms. The van der Waals surface area contributed by atoms with Gasteiger partial charge in [0.25, 0.3) is 0 Å². The fourth-order valence-electron chi connectivity index (χ4n) is 2.51. The molecule has 2 rings (SSSR count). The maximum atomic E-state index is 5.11. The molecule has 2 fully saturated rings. The summed E-state index contributed by atoms with van der Waals surface area (Å²) < 4.78 is 5.11. The second-order valence-electron chi connectivity index (χ2n) is 5.13. The lowest BCUT2D eigenvalue weighted by Crippen LogP contribution is -2.28. The summed E-state index contributed by atoms with van der Waals surface area (Å²) in [6, 6.07) is 0.546. The lowest BCUT2D eigenvalue weighted by molar-refractivity contribution is 0.188. The third-order valence-electron chi connectivity index (χ3n) is 3.73. The van der Waals surface area contributed by atoms with E-state index in [0.717, 1.165) is 36.4 Å². The number of likely N-dealkylation sites (tertiary alicyclic amines) is 1. The van der Waals surface area contributed by atoms with E-state index >= 15 is 0 Å². The van der Waals surface area contributed by atoms with Crippen molar-refractivity contribution >= 4 is 16.9 Å². The highest BCUT2D eigenvalue weighted by atomic mass is 32.2. The van der Waals surface area contributed by atoms with E-state index < -0.39 is 0 Å². The van der Waals surface area contributed by atoms with E-state index in [1.165, 1.54) is 26.1 Å². The minimum absolute atomic E-state index is 0.546. The minimum atomic E-state index is 0.546. The molecule has 0 amide bonds. The first-order valence-electron chi connectivity index (χ1n) is 6.97. The molecule has 4 nitrogen and oxygen atoms in total. The summed E-state index contributed by atoms with van der Waals surface area (Å²) in [5.41, 5.74) is 0. The normalized spacial score (nSPS) is 31.1. The second-order valence-corrected chi connectivity index (χ2v) is 6.14. The average Bonchev–Trinajstić information content (AvgIpc) is 3.03. The summed E-state index contributed by atoms with van der Waals surface area (Å²) in [4.78, 5) is 7.25. The van der Waals surface area contributed by atoms with Gasteiger partial charge in [0, 0.05) is 38.6 Å². The van der Waals surface area contributed by atoms with Crippen LogP contribution in [0.2, 0.25) is 0 Å². The fourth-order valence-corrected chi connectivity index (χ4v) is 3.53. The molecule has 2 heterocycles. The number of aliphatic imine (C=N–C) groups is 1. The zero-order valence-electron chi connectivity index (χ0n) is 11.5. The van der Waals surface area contributed by atoms with Gasteiger partial charge < -0.3 is 15.0 Å². The highest BCUT2D eigenvalue weighted by Crippen LogP contribution is 2.19. The summed E-state index contributed by atoms with van der Waals surface area (Å²) >= 11 is 1.86. The van der Waals surface area contributed by atoms with Crippen molar-refractivity contribution in [2.45, 2.75) is 25.8 Å². The molecule has 2 aliphatic rings. The Morgan fingerprint density at radius 2 is 2.44 bits per heavy atom. The molecule has 2 saturated heterocycles. The summed E-state index contributed by atoms with van der Waals surface area (Å²) in [5.74, 6) is 1.89. The van der Waals surface area contributed by atoms with Crippen LogP contribution in [0.5, 0.6) is 0 Å². The van der Waals surface area contributed by atoms with Crippen LogP contribution in [0.3, 0.4) is 0 Å². The van der Waals surface area contributed by atoms with E-state index in [-0.39, 0.29) is 0 Å². The van der Waals surface area contributed by atoms with Crippen LogP contribution in [0.4, 0.5) is 0 Å². The van der Waals surface area contributed by atoms with E-state index in [0.29, 0.717) is 6.04 Å². The molecule has 104 valence electrons. The van der Waals surface area contributed by atoms with Crippen LogP contribution >= 0.6 is 11.8 Å². The third kappa shape index (κ3) is 4.14. The van der Waals surface area contributed by atoms with Crippen molar-refractivity contribution < 1.29 is 4.74 Å². The molecule has 1 N–H and O–H groups in total. The van der Waals surface area contributed by atoms with E-state index in [2.05, 4.69) is 17.1 Å². The molecule has 0 saturated carbocycles. The molecule has 0 aromatic heterocycles. The molecule has 0 spiro atoms. The molecule has 5 heteroatoms. The van der Waals surface area contributed by atoms with Crippen LogP contribution in [0, 0.1) is 5.92 Å². The molecule has 2 atom stereocenters. The number of rotatable bonds is 6. The third-order valence-corrected chi connectivity index (χ3v) is 4.82. The van der Waals surface area contributed by atoms with Gasteiger partial charge in [-0.1, -0.05) is 18.7 Å². The number of ether oxygens (including phenoxy) is 1. The lowest BCUT2D eigenvalue weighted by atomic mass is 10.1. The van der Waals surface area contributed by atoms with Crippen LogP contribution in [0.25, 0.3) is 0 Å². The van der Waals surface area contributed by atoms with Crippen LogP contribution in [0.15, 0.2) is 4.99 Å². The van der Waals surface area contributed by atoms with E-state index in [9.17, 15) is 0 Å². The fraction of sp³-hybridized carbons (Fsp3) is 0.923. The van der Waals surface area contributed by atoms with Crippen LogP contribution in [-0.4, -0.2) is 61.8 Å². The van der Waals surface area contributed by atoms with Crippen molar-refractivity contribution in [3.8, 4) is 0 Å². The van der Waals surface area contributed by atoms with Gasteiger partial charge in [-0.2, -0.15) is 0 Å². The lowest BCUT2D eigenvalue weighted by Gasteiger charge is -2.12. The first-order chi connectivity index (χ1) is 8.81. The maximum Gasteiger partial charge on any atom is 0.156 e. The molecule has 0 bridgehead atoms.